The Morgan fingerprint density at radius 1 is 0.815 bits per heavy atom. The zero-order chi connectivity index (χ0) is 19.0. The summed E-state index contributed by atoms with van der Waals surface area (Å²) in [7, 11) is -1.02. The Kier molecular flexibility index (Phi) is 4.57. The van der Waals surface area contributed by atoms with Crippen LogP contribution < -0.4 is 0 Å². The lowest BCUT2D eigenvalue weighted by Gasteiger charge is -2.10. The lowest BCUT2D eigenvalue weighted by atomic mass is 10.0. The molecule has 1 unspecified atom stereocenters. The van der Waals surface area contributed by atoms with Crippen LogP contribution in [-0.4, -0.2) is 0 Å². The lowest BCUT2D eigenvalue weighted by molar-refractivity contribution is -0.137. The van der Waals surface area contributed by atoms with Gasteiger partial charge in [0.25, 0.3) is 0 Å². The van der Waals surface area contributed by atoms with Gasteiger partial charge in [0.05, 0.1) is 5.56 Å². The van der Waals surface area contributed by atoms with Gasteiger partial charge in [0, 0.05) is 10.4 Å². The van der Waals surface area contributed by atoms with Crippen molar-refractivity contribution in [2.75, 3.05) is 0 Å². The third kappa shape index (κ3) is 3.17. The summed E-state index contributed by atoms with van der Waals surface area (Å²) >= 11 is 0. The Labute approximate surface area is 157 Å². The van der Waals surface area contributed by atoms with Gasteiger partial charge in [-0.1, -0.05) is 81.2 Å². The first-order chi connectivity index (χ1) is 13.0. The maximum absolute atomic E-state index is 13.4. The Morgan fingerprint density at radius 2 is 1.44 bits per heavy atom. The van der Waals surface area contributed by atoms with E-state index >= 15 is 0 Å². The maximum atomic E-state index is 13.4. The van der Waals surface area contributed by atoms with E-state index in [1.54, 1.807) is 6.07 Å². The van der Waals surface area contributed by atoms with Crippen molar-refractivity contribution in [2.24, 2.45) is 0 Å². The molecule has 3 aromatic carbocycles. The van der Waals surface area contributed by atoms with E-state index in [4.69, 9.17) is 0 Å². The summed E-state index contributed by atoms with van der Waals surface area (Å²) in [6, 6.07) is 24.2. The Hall–Kier alpha value is -2.51. The molecule has 0 radical (unpaired) electrons. The van der Waals surface area contributed by atoms with Crippen LogP contribution in [0.1, 0.15) is 18.1 Å². The van der Waals surface area contributed by atoms with E-state index in [2.05, 4.69) is 19.1 Å². The molecule has 0 N–H and O–H groups in total. The minimum Gasteiger partial charge on any atom is -0.166 e. The Balaban J connectivity index is 2.14. The highest BCUT2D eigenvalue weighted by atomic mass is 31.1. The molecular formula is C23H18F3P. The SMILES string of the molecule is CCc1c(-c2ccccc2)p(-c2ccccc2)c2cc(C(F)(F)F)ccc12. The third-order valence-corrected chi connectivity index (χ3v) is 7.46. The van der Waals surface area contributed by atoms with E-state index in [0.717, 1.165) is 33.4 Å². The first kappa shape index (κ1) is 17.9. The molecule has 0 amide bonds. The second-order valence-electron chi connectivity index (χ2n) is 6.45. The minimum atomic E-state index is -4.34. The molecule has 0 nitrogen and oxygen atoms in total. The molecule has 0 saturated heterocycles. The highest BCUT2D eigenvalue weighted by Crippen LogP contribution is 2.58. The molecule has 0 fully saturated rings. The quantitative estimate of drug-likeness (QED) is 0.336. The maximum Gasteiger partial charge on any atom is 0.416 e. The predicted molar refractivity (Wildman–Crippen MR) is 108 cm³/mol. The van der Waals surface area contributed by atoms with E-state index in [-0.39, 0.29) is 0 Å². The van der Waals surface area contributed by atoms with Crippen LogP contribution >= 0.6 is 7.53 Å². The average Bonchev–Trinajstić information content (AvgIpc) is 3.02. The molecule has 0 aliphatic rings. The van der Waals surface area contributed by atoms with Gasteiger partial charge in [-0.15, -0.1) is 0 Å². The molecule has 0 aliphatic heterocycles. The smallest absolute Gasteiger partial charge is 0.166 e. The van der Waals surface area contributed by atoms with Gasteiger partial charge in [-0.2, -0.15) is 13.2 Å². The van der Waals surface area contributed by atoms with E-state index in [0.29, 0.717) is 0 Å². The number of aryl methyl sites for hydroxylation is 1. The lowest BCUT2D eigenvalue weighted by Crippen LogP contribution is -2.03. The summed E-state index contributed by atoms with van der Waals surface area (Å²) in [5, 5.41) is 4.02. The fraction of sp³-hybridized carbons (Fsp3) is 0.130. The normalized spacial score (nSPS) is 12.5. The van der Waals surface area contributed by atoms with Crippen LogP contribution in [0.2, 0.25) is 0 Å². The standard InChI is InChI=1S/C23H18F3P/c1-2-19-20-14-13-17(23(24,25)26)15-21(20)27(18-11-7-4-8-12-18)22(19)16-9-5-3-6-10-16/h3-15H,2H2,1H3. The molecule has 1 aromatic heterocycles. The molecule has 0 spiro atoms. The third-order valence-electron chi connectivity index (χ3n) is 4.82. The fourth-order valence-corrected chi connectivity index (χ4v) is 6.56. The van der Waals surface area contributed by atoms with E-state index in [1.165, 1.54) is 17.4 Å². The van der Waals surface area contributed by atoms with E-state index < -0.39 is 19.3 Å². The molecule has 0 saturated carbocycles. The first-order valence-electron chi connectivity index (χ1n) is 8.86. The Morgan fingerprint density at radius 3 is 2.04 bits per heavy atom. The molecule has 4 aromatic rings. The second-order valence-corrected chi connectivity index (χ2v) is 8.56. The number of hydrogen-bond donors (Lipinski definition) is 0. The highest BCUT2D eigenvalue weighted by molar-refractivity contribution is 7.65. The number of fused-ring (bicyclic) bond motifs is 1. The molecule has 0 aliphatic carbocycles. The topological polar surface area (TPSA) is 0 Å². The van der Waals surface area contributed by atoms with Gasteiger partial charge in [-0.3, -0.25) is 0 Å². The Bertz CT molecular complexity index is 1080. The van der Waals surface area contributed by atoms with Crippen molar-refractivity contribution in [3.8, 4) is 16.2 Å². The molecule has 4 rings (SSSR count). The van der Waals surface area contributed by atoms with Crippen LogP contribution in [0, 0.1) is 0 Å². The van der Waals surface area contributed by atoms with Crippen molar-refractivity contribution in [1.82, 2.24) is 0 Å². The van der Waals surface area contributed by atoms with Gasteiger partial charge in [0.15, 0.2) is 0 Å². The molecule has 1 heterocycles. The minimum absolute atomic E-state index is 0.575. The largest absolute Gasteiger partial charge is 0.416 e. The summed E-state index contributed by atoms with van der Waals surface area (Å²) in [5.41, 5.74) is 1.67. The van der Waals surface area contributed by atoms with Gasteiger partial charge < -0.3 is 0 Å². The van der Waals surface area contributed by atoms with Gasteiger partial charge >= 0.3 is 6.18 Å². The summed E-state index contributed by atoms with van der Waals surface area (Å²) in [4.78, 5) is 0. The van der Waals surface area contributed by atoms with Crippen LogP contribution in [-0.2, 0) is 12.6 Å². The van der Waals surface area contributed by atoms with Gasteiger partial charge in [-0.25, -0.2) is 0 Å². The van der Waals surface area contributed by atoms with Crippen LogP contribution in [0.3, 0.4) is 0 Å². The number of rotatable bonds is 3. The monoisotopic (exact) mass is 382 g/mol. The van der Waals surface area contributed by atoms with Crippen LogP contribution in [0.4, 0.5) is 13.2 Å². The van der Waals surface area contributed by atoms with Gasteiger partial charge in [0.2, 0.25) is 0 Å². The molecule has 4 heteroatoms. The van der Waals surface area contributed by atoms with E-state index in [1.807, 2.05) is 48.5 Å². The number of halogens is 3. The molecule has 0 bridgehead atoms. The van der Waals surface area contributed by atoms with Gasteiger partial charge in [-0.05, 0) is 40.4 Å². The van der Waals surface area contributed by atoms with Crippen LogP contribution in [0.5, 0.6) is 0 Å². The molecule has 136 valence electrons. The molecular weight excluding hydrogens is 364 g/mol. The van der Waals surface area contributed by atoms with Crippen LogP contribution in [0.25, 0.3) is 26.7 Å². The van der Waals surface area contributed by atoms with Crippen molar-refractivity contribution in [1.29, 1.82) is 0 Å². The first-order valence-corrected chi connectivity index (χ1v) is 10.2. The van der Waals surface area contributed by atoms with Crippen molar-refractivity contribution in [2.45, 2.75) is 19.5 Å². The van der Waals surface area contributed by atoms with Gasteiger partial charge in [0.1, 0.15) is 0 Å². The number of benzene rings is 3. The second kappa shape index (κ2) is 6.90. The zero-order valence-corrected chi connectivity index (χ0v) is 15.7. The summed E-state index contributed by atoms with van der Waals surface area (Å²) < 4.78 is 40.1. The number of hydrogen-bond acceptors (Lipinski definition) is 0. The van der Waals surface area contributed by atoms with Crippen molar-refractivity contribution in [3.63, 3.8) is 0 Å². The van der Waals surface area contributed by atoms with Crippen LogP contribution in [0.15, 0.2) is 78.9 Å². The summed E-state index contributed by atoms with van der Waals surface area (Å²) in [6.45, 7) is 2.07. The molecule has 27 heavy (non-hydrogen) atoms. The number of alkyl halides is 3. The van der Waals surface area contributed by atoms with Crippen molar-refractivity contribution < 1.29 is 13.2 Å². The highest BCUT2D eigenvalue weighted by Gasteiger charge is 2.31. The van der Waals surface area contributed by atoms with Crippen molar-refractivity contribution in [3.05, 3.63) is 90.0 Å². The zero-order valence-electron chi connectivity index (χ0n) is 14.8. The van der Waals surface area contributed by atoms with Crippen molar-refractivity contribution >= 4 is 18.0 Å². The average molecular weight is 382 g/mol. The molecule has 1 atom stereocenters. The summed E-state index contributed by atoms with van der Waals surface area (Å²) in [6.07, 6.45) is -3.55. The predicted octanol–water partition coefficient (Wildman–Crippen LogP) is 8.06. The van der Waals surface area contributed by atoms with E-state index in [9.17, 15) is 13.2 Å². The fourth-order valence-electron chi connectivity index (χ4n) is 3.63. The summed E-state index contributed by atoms with van der Waals surface area (Å²) in [5.74, 6) is 0.